The van der Waals surface area contributed by atoms with Crippen molar-refractivity contribution in [3.8, 4) is 0 Å². The first-order valence-corrected chi connectivity index (χ1v) is 10.7. The normalized spacial score (nSPS) is 12.5. The summed E-state index contributed by atoms with van der Waals surface area (Å²) in [5.41, 5.74) is 3.59. The fourth-order valence-electron chi connectivity index (χ4n) is 3.83. The molecule has 3 aromatic heterocycles. The van der Waals surface area contributed by atoms with Gasteiger partial charge in [-0.2, -0.15) is 5.10 Å². The summed E-state index contributed by atoms with van der Waals surface area (Å²) < 4.78 is 17.3. The van der Waals surface area contributed by atoms with Crippen LogP contribution in [0.4, 0.5) is 4.39 Å². The Morgan fingerprint density at radius 3 is 2.74 bits per heavy atom. The Morgan fingerprint density at radius 1 is 1.19 bits per heavy atom. The van der Waals surface area contributed by atoms with E-state index in [4.69, 9.17) is 0 Å². The van der Waals surface area contributed by atoms with E-state index in [9.17, 15) is 9.18 Å². The Morgan fingerprint density at radius 2 is 1.97 bits per heavy atom. The minimum absolute atomic E-state index is 0.167. The van der Waals surface area contributed by atoms with Gasteiger partial charge in [0.25, 0.3) is 5.91 Å². The Labute approximate surface area is 181 Å². The quantitative estimate of drug-likeness (QED) is 0.440. The number of hydrogen-bond acceptors (Lipinski definition) is 4. The average molecular weight is 434 g/mol. The molecule has 0 aliphatic carbocycles. The van der Waals surface area contributed by atoms with Crippen LogP contribution in [0.15, 0.2) is 60.9 Å². The number of benzene rings is 2. The third-order valence-corrected chi connectivity index (χ3v) is 6.60. The molecule has 1 amide bonds. The number of imidazole rings is 1. The number of nitrogens with one attached hydrogen (secondary N) is 1. The van der Waals surface area contributed by atoms with Crippen LogP contribution in [0.1, 0.15) is 27.0 Å². The van der Waals surface area contributed by atoms with Crippen molar-refractivity contribution in [1.82, 2.24) is 24.6 Å². The molecule has 5 aromatic rings. The molecule has 0 aliphatic rings. The lowest BCUT2D eigenvalue weighted by Gasteiger charge is -2.20. The van der Waals surface area contributed by atoms with Gasteiger partial charge < -0.3 is 9.88 Å². The Bertz CT molecular complexity index is 1360. The molecule has 0 fully saturated rings. The third-order valence-electron chi connectivity index (χ3n) is 5.40. The van der Waals surface area contributed by atoms with Crippen molar-refractivity contribution in [3.63, 3.8) is 0 Å². The van der Waals surface area contributed by atoms with E-state index in [1.165, 1.54) is 23.5 Å². The highest BCUT2D eigenvalue weighted by molar-refractivity contribution is 7.20. The van der Waals surface area contributed by atoms with E-state index in [1.54, 1.807) is 23.1 Å². The van der Waals surface area contributed by atoms with Gasteiger partial charge in [-0.15, -0.1) is 11.3 Å². The fourth-order valence-corrected chi connectivity index (χ4v) is 4.85. The zero-order valence-corrected chi connectivity index (χ0v) is 17.9. The number of para-hydroxylation sites is 2. The van der Waals surface area contributed by atoms with Crippen LogP contribution in [0, 0.1) is 12.7 Å². The van der Waals surface area contributed by atoms with Crippen LogP contribution in [0.5, 0.6) is 0 Å². The van der Waals surface area contributed by atoms with E-state index in [0.717, 1.165) is 32.5 Å². The smallest absolute Gasteiger partial charge is 0.261 e. The summed E-state index contributed by atoms with van der Waals surface area (Å²) in [4.78, 5) is 19.2. The molecular weight excluding hydrogens is 413 g/mol. The molecule has 0 saturated heterocycles. The monoisotopic (exact) mass is 433 g/mol. The van der Waals surface area contributed by atoms with Gasteiger partial charge in [-0.3, -0.25) is 9.48 Å². The lowest BCUT2D eigenvalue weighted by Crippen LogP contribution is -2.31. The van der Waals surface area contributed by atoms with E-state index in [2.05, 4.69) is 15.4 Å². The summed E-state index contributed by atoms with van der Waals surface area (Å²) >= 11 is 1.41. The van der Waals surface area contributed by atoms with Gasteiger partial charge in [0.05, 0.1) is 34.0 Å². The lowest BCUT2D eigenvalue weighted by atomic mass is 10.1. The van der Waals surface area contributed by atoms with Crippen LogP contribution in [0.2, 0.25) is 0 Å². The highest BCUT2D eigenvalue weighted by atomic mass is 32.1. The van der Waals surface area contributed by atoms with Gasteiger partial charge in [0.1, 0.15) is 10.6 Å². The maximum Gasteiger partial charge on any atom is 0.261 e. The van der Waals surface area contributed by atoms with E-state index < -0.39 is 0 Å². The highest BCUT2D eigenvalue weighted by Crippen LogP contribution is 2.28. The molecule has 2 aromatic carbocycles. The number of fused-ring (bicyclic) bond motifs is 2. The number of hydrogen-bond donors (Lipinski definition) is 1. The number of nitrogens with zero attached hydrogens (tertiary/aromatic N) is 4. The first-order valence-electron chi connectivity index (χ1n) is 9.89. The third kappa shape index (κ3) is 3.59. The van der Waals surface area contributed by atoms with Crippen LogP contribution in [0.3, 0.4) is 0 Å². The molecule has 0 saturated carbocycles. The van der Waals surface area contributed by atoms with Crippen LogP contribution in [-0.2, 0) is 13.6 Å². The van der Waals surface area contributed by atoms with Crippen molar-refractivity contribution in [2.75, 3.05) is 0 Å². The number of carbonyl (C=O) groups is 1. The molecule has 31 heavy (non-hydrogen) atoms. The van der Waals surface area contributed by atoms with Crippen molar-refractivity contribution in [3.05, 3.63) is 82.9 Å². The molecule has 156 valence electrons. The first-order chi connectivity index (χ1) is 15.0. The molecule has 1 N–H and O–H groups in total. The van der Waals surface area contributed by atoms with Crippen molar-refractivity contribution in [2.45, 2.75) is 19.5 Å². The number of aromatic nitrogens is 4. The molecule has 1 unspecified atom stereocenters. The van der Waals surface area contributed by atoms with E-state index >= 15 is 0 Å². The summed E-state index contributed by atoms with van der Waals surface area (Å²) in [7, 11) is 1.87. The molecule has 5 rings (SSSR count). The van der Waals surface area contributed by atoms with Gasteiger partial charge in [0.15, 0.2) is 0 Å². The minimum atomic E-state index is -0.352. The molecule has 6 nitrogen and oxygen atoms in total. The topological polar surface area (TPSA) is 64.7 Å². The standard InChI is InChI=1S/C23H20FN5OS/c1-14-17-11-21(31-23(17)28(2)27-14)22(30)26-19(15-7-9-16(24)10-8-15)12-29-13-25-18-5-3-4-6-20(18)29/h3-11,13,19H,12H2,1-2H3,(H,26,30). The van der Waals surface area contributed by atoms with Gasteiger partial charge >= 0.3 is 0 Å². The van der Waals surface area contributed by atoms with Gasteiger partial charge in [-0.25, -0.2) is 9.37 Å². The summed E-state index contributed by atoms with van der Waals surface area (Å²) in [6.07, 6.45) is 1.77. The first kappa shape index (κ1) is 19.4. The maximum absolute atomic E-state index is 13.5. The summed E-state index contributed by atoms with van der Waals surface area (Å²) in [5, 5.41) is 8.51. The van der Waals surface area contributed by atoms with E-state index in [0.29, 0.717) is 11.4 Å². The predicted octanol–water partition coefficient (Wildman–Crippen LogP) is 4.60. The van der Waals surface area contributed by atoms with Crippen LogP contribution < -0.4 is 5.32 Å². The van der Waals surface area contributed by atoms with Crippen LogP contribution >= 0.6 is 11.3 Å². The number of aryl methyl sites for hydroxylation is 2. The van der Waals surface area contributed by atoms with Gasteiger partial charge in [-0.05, 0) is 42.8 Å². The zero-order chi connectivity index (χ0) is 21.5. The molecule has 1 atom stereocenters. The number of amides is 1. The number of rotatable bonds is 5. The molecule has 3 heterocycles. The highest BCUT2D eigenvalue weighted by Gasteiger charge is 2.21. The van der Waals surface area contributed by atoms with Crippen molar-refractivity contribution >= 4 is 38.5 Å². The molecule has 8 heteroatoms. The van der Waals surface area contributed by atoms with E-state index in [1.807, 2.05) is 48.9 Å². The van der Waals surface area contributed by atoms with Crippen molar-refractivity contribution in [1.29, 1.82) is 0 Å². The number of carbonyl (C=O) groups excluding carboxylic acids is 1. The Hall–Kier alpha value is -3.52. The van der Waals surface area contributed by atoms with Crippen molar-refractivity contribution < 1.29 is 9.18 Å². The SMILES string of the molecule is Cc1nn(C)c2sc(C(=O)NC(Cn3cnc4ccccc43)c3ccc(F)cc3)cc12. The average Bonchev–Trinajstić information content (AvgIpc) is 3.45. The largest absolute Gasteiger partial charge is 0.343 e. The predicted molar refractivity (Wildman–Crippen MR) is 120 cm³/mol. The van der Waals surface area contributed by atoms with Gasteiger partial charge in [-0.1, -0.05) is 24.3 Å². The fraction of sp³-hybridized carbons (Fsp3) is 0.174. The molecule has 0 aliphatic heterocycles. The second-order valence-electron chi connectivity index (χ2n) is 7.50. The van der Waals surface area contributed by atoms with Crippen LogP contribution in [0.25, 0.3) is 21.3 Å². The zero-order valence-electron chi connectivity index (χ0n) is 17.0. The summed E-state index contributed by atoms with van der Waals surface area (Å²) in [6, 6.07) is 15.6. The summed E-state index contributed by atoms with van der Waals surface area (Å²) in [6.45, 7) is 2.41. The number of thiophene rings is 1. The van der Waals surface area contributed by atoms with Crippen molar-refractivity contribution in [2.24, 2.45) is 7.05 Å². The second kappa shape index (κ2) is 7.63. The lowest BCUT2D eigenvalue weighted by molar-refractivity contribution is 0.0937. The molecule has 0 spiro atoms. The Balaban J connectivity index is 1.48. The second-order valence-corrected chi connectivity index (χ2v) is 8.53. The van der Waals surface area contributed by atoms with Gasteiger partial charge in [0.2, 0.25) is 0 Å². The molecule has 0 radical (unpaired) electrons. The number of halogens is 1. The minimum Gasteiger partial charge on any atom is -0.343 e. The maximum atomic E-state index is 13.5. The Kier molecular flexibility index (Phi) is 4.78. The molecular formula is C23H20FN5OS. The summed E-state index contributed by atoms with van der Waals surface area (Å²) in [5.74, 6) is -0.478. The molecule has 0 bridgehead atoms. The van der Waals surface area contributed by atoms with Crippen LogP contribution in [-0.4, -0.2) is 25.2 Å². The van der Waals surface area contributed by atoms with E-state index in [-0.39, 0.29) is 17.8 Å². The van der Waals surface area contributed by atoms with Gasteiger partial charge in [0, 0.05) is 19.0 Å².